The first-order valence-electron chi connectivity index (χ1n) is 7.70. The number of nitrogens with zero attached hydrogens (tertiary/aromatic N) is 3. The van der Waals surface area contributed by atoms with Gasteiger partial charge in [-0.15, -0.1) is 0 Å². The number of nitrogens with one attached hydrogen (secondary N) is 1. The van der Waals surface area contributed by atoms with Gasteiger partial charge in [0.25, 0.3) is 0 Å². The number of hydrogen-bond acceptors (Lipinski definition) is 4. The second-order valence-electron chi connectivity index (χ2n) is 5.49. The minimum Gasteiger partial charge on any atom is -0.478 e. The van der Waals surface area contributed by atoms with Gasteiger partial charge in [0.05, 0.1) is 11.8 Å². The molecule has 2 aromatic heterocycles. The van der Waals surface area contributed by atoms with Crippen LogP contribution in [-0.2, 0) is 0 Å². The van der Waals surface area contributed by atoms with E-state index in [0.717, 1.165) is 17.1 Å². The van der Waals surface area contributed by atoms with Crippen LogP contribution in [-0.4, -0.2) is 25.4 Å². The van der Waals surface area contributed by atoms with Crippen LogP contribution in [0.25, 0.3) is 16.9 Å². The monoisotopic (exact) mass is 330 g/mol. The van der Waals surface area contributed by atoms with E-state index in [9.17, 15) is 9.90 Å². The molecule has 0 radical (unpaired) electrons. The standard InChI is InChI=1S/C19H14N4O2/c24-19(25)14-7-4-8-15(11-14)21-18-17(13-5-2-1-3-6-13)22-16-12-20-9-10-23(16)18/h1-12,21H,(H,24,25). The number of aromatic nitrogens is 3. The Hall–Kier alpha value is -3.67. The summed E-state index contributed by atoms with van der Waals surface area (Å²) in [6, 6.07) is 16.5. The SMILES string of the molecule is O=C(O)c1cccc(Nc2c(-c3ccccc3)nc3cnccn23)c1. The predicted octanol–water partition coefficient (Wildman–Crippen LogP) is 3.84. The third-order valence-corrected chi connectivity index (χ3v) is 3.85. The van der Waals surface area contributed by atoms with Crippen LogP contribution in [0.5, 0.6) is 0 Å². The maximum absolute atomic E-state index is 11.2. The summed E-state index contributed by atoms with van der Waals surface area (Å²) in [6.45, 7) is 0. The lowest BCUT2D eigenvalue weighted by atomic mass is 10.1. The summed E-state index contributed by atoms with van der Waals surface area (Å²) in [6.07, 6.45) is 5.19. The first-order chi connectivity index (χ1) is 12.2. The fourth-order valence-electron chi connectivity index (χ4n) is 2.69. The predicted molar refractivity (Wildman–Crippen MR) is 95.1 cm³/mol. The molecule has 0 spiro atoms. The van der Waals surface area contributed by atoms with Gasteiger partial charge in [0.1, 0.15) is 11.5 Å². The number of benzene rings is 2. The quantitative estimate of drug-likeness (QED) is 0.594. The van der Waals surface area contributed by atoms with Crippen molar-refractivity contribution in [2.45, 2.75) is 0 Å². The highest BCUT2D eigenvalue weighted by Crippen LogP contribution is 2.30. The van der Waals surface area contributed by atoms with Gasteiger partial charge in [0.2, 0.25) is 0 Å². The molecule has 25 heavy (non-hydrogen) atoms. The number of aromatic carboxylic acids is 1. The number of anilines is 2. The van der Waals surface area contributed by atoms with Gasteiger partial charge < -0.3 is 10.4 Å². The molecular formula is C19H14N4O2. The largest absolute Gasteiger partial charge is 0.478 e. The summed E-state index contributed by atoms with van der Waals surface area (Å²) in [5, 5.41) is 12.5. The van der Waals surface area contributed by atoms with Gasteiger partial charge in [-0.25, -0.2) is 9.78 Å². The Morgan fingerprint density at radius 1 is 1.08 bits per heavy atom. The number of carboxylic acid groups (broad SMARTS) is 1. The van der Waals surface area contributed by atoms with Gasteiger partial charge in [-0.3, -0.25) is 9.38 Å². The van der Waals surface area contributed by atoms with Gasteiger partial charge in [-0.1, -0.05) is 36.4 Å². The maximum Gasteiger partial charge on any atom is 0.335 e. The zero-order valence-electron chi connectivity index (χ0n) is 13.1. The van der Waals surface area contributed by atoms with Gasteiger partial charge in [0, 0.05) is 23.6 Å². The van der Waals surface area contributed by atoms with Crippen LogP contribution < -0.4 is 5.32 Å². The van der Waals surface area contributed by atoms with Crippen molar-refractivity contribution in [1.29, 1.82) is 0 Å². The van der Waals surface area contributed by atoms with Gasteiger partial charge in [0.15, 0.2) is 5.65 Å². The molecule has 0 amide bonds. The van der Waals surface area contributed by atoms with Crippen molar-refractivity contribution in [2.75, 3.05) is 5.32 Å². The molecule has 0 saturated heterocycles. The highest BCUT2D eigenvalue weighted by atomic mass is 16.4. The molecular weight excluding hydrogens is 316 g/mol. The van der Waals surface area contributed by atoms with Gasteiger partial charge in [-0.2, -0.15) is 0 Å². The Kier molecular flexibility index (Phi) is 3.63. The lowest BCUT2D eigenvalue weighted by Gasteiger charge is -2.09. The van der Waals surface area contributed by atoms with E-state index in [1.54, 1.807) is 30.6 Å². The Labute approximate surface area is 143 Å². The molecule has 0 aliphatic rings. The highest BCUT2D eigenvalue weighted by Gasteiger charge is 2.14. The molecule has 2 N–H and O–H groups in total. The number of imidazole rings is 1. The Morgan fingerprint density at radius 2 is 1.92 bits per heavy atom. The minimum atomic E-state index is -0.964. The molecule has 0 atom stereocenters. The molecule has 4 rings (SSSR count). The molecule has 0 saturated carbocycles. The van der Waals surface area contributed by atoms with E-state index in [0.29, 0.717) is 11.3 Å². The molecule has 0 aliphatic heterocycles. The molecule has 6 nitrogen and oxygen atoms in total. The minimum absolute atomic E-state index is 0.224. The summed E-state index contributed by atoms with van der Waals surface area (Å²) < 4.78 is 1.89. The molecule has 2 heterocycles. The molecule has 2 aromatic carbocycles. The lowest BCUT2D eigenvalue weighted by molar-refractivity contribution is 0.0697. The summed E-state index contributed by atoms with van der Waals surface area (Å²) >= 11 is 0. The molecule has 122 valence electrons. The van der Waals surface area contributed by atoms with Crippen molar-refractivity contribution in [3.05, 3.63) is 78.8 Å². The van der Waals surface area contributed by atoms with Crippen molar-refractivity contribution < 1.29 is 9.90 Å². The average molecular weight is 330 g/mol. The molecule has 0 fully saturated rings. The van der Waals surface area contributed by atoms with Crippen molar-refractivity contribution >= 4 is 23.1 Å². The fourth-order valence-corrected chi connectivity index (χ4v) is 2.69. The average Bonchev–Trinajstić information content (AvgIpc) is 3.01. The van der Waals surface area contributed by atoms with E-state index in [1.807, 2.05) is 47.0 Å². The molecule has 6 heteroatoms. The van der Waals surface area contributed by atoms with E-state index >= 15 is 0 Å². The number of hydrogen-bond donors (Lipinski definition) is 2. The Bertz CT molecular complexity index is 1060. The van der Waals surface area contributed by atoms with Crippen LogP contribution in [0.3, 0.4) is 0 Å². The van der Waals surface area contributed by atoms with Crippen LogP contribution in [0, 0.1) is 0 Å². The van der Waals surface area contributed by atoms with Gasteiger partial charge >= 0.3 is 5.97 Å². The first kappa shape index (κ1) is 14.9. The summed E-state index contributed by atoms with van der Waals surface area (Å²) in [4.78, 5) is 20.0. The third kappa shape index (κ3) is 2.81. The summed E-state index contributed by atoms with van der Waals surface area (Å²) in [5.74, 6) is -0.208. The zero-order valence-corrected chi connectivity index (χ0v) is 13.1. The number of rotatable bonds is 4. The van der Waals surface area contributed by atoms with E-state index in [4.69, 9.17) is 0 Å². The zero-order chi connectivity index (χ0) is 17.2. The van der Waals surface area contributed by atoms with Crippen molar-refractivity contribution in [3.63, 3.8) is 0 Å². The Morgan fingerprint density at radius 3 is 2.72 bits per heavy atom. The van der Waals surface area contributed by atoms with Crippen LogP contribution in [0.1, 0.15) is 10.4 Å². The fraction of sp³-hybridized carbons (Fsp3) is 0. The van der Waals surface area contributed by atoms with E-state index in [1.165, 1.54) is 0 Å². The van der Waals surface area contributed by atoms with E-state index in [2.05, 4.69) is 15.3 Å². The van der Waals surface area contributed by atoms with Crippen molar-refractivity contribution in [1.82, 2.24) is 14.4 Å². The molecule has 0 bridgehead atoms. The smallest absolute Gasteiger partial charge is 0.335 e. The lowest BCUT2D eigenvalue weighted by Crippen LogP contribution is -2.00. The summed E-state index contributed by atoms with van der Waals surface area (Å²) in [7, 11) is 0. The van der Waals surface area contributed by atoms with Crippen molar-refractivity contribution in [3.8, 4) is 11.3 Å². The third-order valence-electron chi connectivity index (χ3n) is 3.85. The highest BCUT2D eigenvalue weighted by molar-refractivity contribution is 5.89. The second kappa shape index (κ2) is 6.09. The number of fused-ring (bicyclic) bond motifs is 1. The topological polar surface area (TPSA) is 79.5 Å². The van der Waals surface area contributed by atoms with Crippen LogP contribution >= 0.6 is 0 Å². The normalized spacial score (nSPS) is 10.7. The van der Waals surface area contributed by atoms with E-state index in [-0.39, 0.29) is 5.56 Å². The first-order valence-corrected chi connectivity index (χ1v) is 7.70. The van der Waals surface area contributed by atoms with Crippen LogP contribution in [0.15, 0.2) is 73.2 Å². The van der Waals surface area contributed by atoms with Crippen molar-refractivity contribution in [2.24, 2.45) is 0 Å². The maximum atomic E-state index is 11.2. The van der Waals surface area contributed by atoms with E-state index < -0.39 is 5.97 Å². The summed E-state index contributed by atoms with van der Waals surface area (Å²) in [5.41, 5.74) is 3.34. The molecule has 0 unspecified atom stereocenters. The van der Waals surface area contributed by atoms with Gasteiger partial charge in [-0.05, 0) is 18.2 Å². The second-order valence-corrected chi connectivity index (χ2v) is 5.49. The number of carbonyl (C=O) groups is 1. The molecule has 4 aromatic rings. The molecule has 0 aliphatic carbocycles. The Balaban J connectivity index is 1.86. The number of carboxylic acids is 1. The van der Waals surface area contributed by atoms with Crippen LogP contribution in [0.2, 0.25) is 0 Å². The van der Waals surface area contributed by atoms with Crippen LogP contribution in [0.4, 0.5) is 11.5 Å².